The number of alkyl halides is 1. The van der Waals surface area contributed by atoms with Crippen LogP contribution in [0, 0.1) is 0 Å². The lowest BCUT2D eigenvalue weighted by atomic mass is 10.0. The summed E-state index contributed by atoms with van der Waals surface area (Å²) in [4.78, 5) is 26.6. The molecule has 0 N–H and O–H groups in total. The molecule has 2 aromatic carbocycles. The summed E-state index contributed by atoms with van der Waals surface area (Å²) in [5.74, 6) is 1.38. The molecular formula is C23H26ClNO3S2. The van der Waals surface area contributed by atoms with Crippen molar-refractivity contribution in [2.75, 3.05) is 25.1 Å². The predicted octanol–water partition coefficient (Wildman–Crippen LogP) is 5.08. The first-order valence-electron chi connectivity index (χ1n) is 9.87. The third-order valence-electron chi connectivity index (χ3n) is 4.92. The highest BCUT2D eigenvalue weighted by molar-refractivity contribution is 8.18. The van der Waals surface area contributed by atoms with Crippen molar-refractivity contribution in [3.8, 4) is 0 Å². The fraction of sp³-hybridized carbons (Fsp3) is 0.391. The smallest absolute Gasteiger partial charge is 0.303 e. The van der Waals surface area contributed by atoms with E-state index >= 15 is 0 Å². The molecule has 1 amide bonds. The summed E-state index contributed by atoms with van der Waals surface area (Å²) in [6, 6.07) is 19.5. The number of thioether (sulfide) groups is 2. The third-order valence-corrected chi connectivity index (χ3v) is 8.69. The number of carbonyl (C=O) groups is 2. The maximum atomic E-state index is 13.3. The summed E-state index contributed by atoms with van der Waals surface area (Å²) in [5.41, 5.74) is 1.90. The van der Waals surface area contributed by atoms with E-state index < -0.39 is 17.5 Å². The molecule has 1 heterocycles. The molecule has 0 aliphatic carbocycles. The summed E-state index contributed by atoms with van der Waals surface area (Å²) >= 11 is 10.4. The van der Waals surface area contributed by atoms with Crippen LogP contribution in [-0.4, -0.2) is 47.3 Å². The highest BCUT2D eigenvalue weighted by Crippen LogP contribution is 2.50. The van der Waals surface area contributed by atoms with Gasteiger partial charge in [-0.25, -0.2) is 0 Å². The van der Waals surface area contributed by atoms with Crippen LogP contribution in [0.5, 0.6) is 0 Å². The molecule has 7 heteroatoms. The molecule has 0 unspecified atom stereocenters. The Morgan fingerprint density at radius 1 is 1.07 bits per heavy atom. The van der Waals surface area contributed by atoms with Gasteiger partial charge in [0, 0.05) is 20.5 Å². The molecule has 1 fully saturated rings. The van der Waals surface area contributed by atoms with E-state index in [-0.39, 0.29) is 9.99 Å². The van der Waals surface area contributed by atoms with Crippen LogP contribution in [-0.2, 0) is 18.4 Å². The van der Waals surface area contributed by atoms with Crippen molar-refractivity contribution in [3.63, 3.8) is 0 Å². The molecule has 2 aromatic rings. The molecule has 4 nitrogen and oxygen atoms in total. The number of hydrogen-bond acceptors (Lipinski definition) is 5. The van der Waals surface area contributed by atoms with E-state index in [4.69, 9.17) is 16.3 Å². The Balaban J connectivity index is 1.81. The largest absolute Gasteiger partial charge is 0.456 e. The van der Waals surface area contributed by atoms with Gasteiger partial charge in [-0.15, -0.1) is 35.1 Å². The number of rotatable bonds is 7. The lowest BCUT2D eigenvalue weighted by Gasteiger charge is -2.40. The maximum absolute atomic E-state index is 13.3. The number of halogens is 1. The predicted molar refractivity (Wildman–Crippen MR) is 126 cm³/mol. The standard InChI is InChI=1S/C23H26ClNO3S2/c1-17(26)28-21(18-10-5-3-6-11-18)20(24)22(27)25(2)16-23(29-14-9-15-30-23)19-12-7-4-8-13-19/h3-8,10-13,20-21H,9,14-16H2,1-2H3/t20-,21+/m1/s1. The maximum Gasteiger partial charge on any atom is 0.303 e. The fourth-order valence-corrected chi connectivity index (χ4v) is 7.26. The minimum atomic E-state index is -1.01. The minimum Gasteiger partial charge on any atom is -0.456 e. The molecule has 0 spiro atoms. The molecule has 2 atom stereocenters. The van der Waals surface area contributed by atoms with Crippen molar-refractivity contribution in [2.45, 2.75) is 28.9 Å². The molecule has 0 saturated carbocycles. The van der Waals surface area contributed by atoms with Crippen LogP contribution in [0.4, 0.5) is 0 Å². The first-order chi connectivity index (χ1) is 14.4. The summed E-state index contributed by atoms with van der Waals surface area (Å²) in [6.07, 6.45) is 0.321. The van der Waals surface area contributed by atoms with Crippen molar-refractivity contribution >= 4 is 47.0 Å². The normalized spacial score (nSPS) is 17.6. The van der Waals surface area contributed by atoms with Crippen molar-refractivity contribution in [1.82, 2.24) is 4.90 Å². The lowest BCUT2D eigenvalue weighted by Crippen LogP contribution is -2.44. The Bertz CT molecular complexity index is 844. The molecule has 1 aliphatic heterocycles. The first kappa shape index (κ1) is 23.0. The molecule has 160 valence electrons. The lowest BCUT2D eigenvalue weighted by molar-refractivity contribution is -0.149. The topological polar surface area (TPSA) is 46.6 Å². The van der Waals surface area contributed by atoms with Crippen molar-refractivity contribution in [1.29, 1.82) is 0 Å². The van der Waals surface area contributed by atoms with Gasteiger partial charge in [-0.3, -0.25) is 9.59 Å². The van der Waals surface area contributed by atoms with Crippen LogP contribution in [0.3, 0.4) is 0 Å². The molecule has 30 heavy (non-hydrogen) atoms. The quantitative estimate of drug-likeness (QED) is 0.423. The number of nitrogens with zero attached hydrogens (tertiary/aromatic N) is 1. The average Bonchev–Trinajstić information content (AvgIpc) is 2.78. The number of esters is 1. The molecule has 0 bridgehead atoms. The van der Waals surface area contributed by atoms with Crippen LogP contribution in [0.2, 0.25) is 0 Å². The second kappa shape index (κ2) is 10.6. The first-order valence-corrected chi connectivity index (χ1v) is 12.3. The van der Waals surface area contributed by atoms with Gasteiger partial charge in [0.15, 0.2) is 11.5 Å². The van der Waals surface area contributed by atoms with E-state index in [2.05, 4.69) is 12.1 Å². The summed E-state index contributed by atoms with van der Waals surface area (Å²) in [6.45, 7) is 1.85. The second-order valence-corrected chi connectivity index (χ2v) is 10.7. The number of hydrogen-bond donors (Lipinski definition) is 0. The zero-order chi connectivity index (χ0) is 21.6. The fourth-order valence-electron chi connectivity index (χ4n) is 3.46. The number of amides is 1. The Morgan fingerprint density at radius 3 is 2.20 bits per heavy atom. The van der Waals surface area contributed by atoms with Gasteiger partial charge in [-0.05, 0) is 29.1 Å². The number of carbonyl (C=O) groups excluding carboxylic acids is 2. The summed E-state index contributed by atoms with van der Waals surface area (Å²) < 4.78 is 5.21. The number of benzene rings is 2. The van der Waals surface area contributed by atoms with Crippen molar-refractivity contribution < 1.29 is 14.3 Å². The highest BCUT2D eigenvalue weighted by atomic mass is 35.5. The molecule has 1 saturated heterocycles. The Morgan fingerprint density at radius 2 is 1.63 bits per heavy atom. The van der Waals surface area contributed by atoms with Crippen LogP contribution >= 0.6 is 35.1 Å². The summed E-state index contributed by atoms with van der Waals surface area (Å²) in [7, 11) is 1.77. The zero-order valence-electron chi connectivity index (χ0n) is 17.1. The second-order valence-electron chi connectivity index (χ2n) is 7.21. The molecule has 0 radical (unpaired) electrons. The summed E-state index contributed by atoms with van der Waals surface area (Å²) in [5, 5.41) is -1.01. The zero-order valence-corrected chi connectivity index (χ0v) is 19.5. The van der Waals surface area contributed by atoms with Crippen molar-refractivity contribution in [2.24, 2.45) is 0 Å². The van der Waals surface area contributed by atoms with Gasteiger partial charge in [-0.2, -0.15) is 0 Å². The van der Waals surface area contributed by atoms with E-state index in [1.807, 2.05) is 72.1 Å². The van der Waals surface area contributed by atoms with E-state index in [9.17, 15) is 9.59 Å². The average molecular weight is 464 g/mol. The Labute approximate surface area is 191 Å². The van der Waals surface area contributed by atoms with E-state index in [0.717, 1.165) is 17.9 Å². The monoisotopic (exact) mass is 463 g/mol. The van der Waals surface area contributed by atoms with Gasteiger partial charge in [0.1, 0.15) is 4.08 Å². The van der Waals surface area contributed by atoms with Gasteiger partial charge in [0.2, 0.25) is 5.91 Å². The van der Waals surface area contributed by atoms with Crippen LogP contribution in [0.25, 0.3) is 0 Å². The van der Waals surface area contributed by atoms with Crippen LogP contribution in [0.1, 0.15) is 30.6 Å². The van der Waals surface area contributed by atoms with Gasteiger partial charge in [0.25, 0.3) is 0 Å². The third kappa shape index (κ3) is 5.54. The van der Waals surface area contributed by atoms with Gasteiger partial charge >= 0.3 is 5.97 Å². The van der Waals surface area contributed by atoms with Crippen molar-refractivity contribution in [3.05, 3.63) is 71.8 Å². The highest BCUT2D eigenvalue weighted by Gasteiger charge is 2.40. The SMILES string of the molecule is CC(=O)O[C@@H](c1ccccc1)[C@@H](Cl)C(=O)N(C)CC1(c2ccccc2)SCCCS1. The molecule has 1 aliphatic rings. The van der Waals surface area contributed by atoms with Crippen LogP contribution < -0.4 is 0 Å². The van der Waals surface area contributed by atoms with Gasteiger partial charge in [0.05, 0.1) is 0 Å². The van der Waals surface area contributed by atoms with Crippen LogP contribution in [0.15, 0.2) is 60.7 Å². The molecule has 0 aromatic heterocycles. The number of likely N-dealkylation sites (N-methyl/N-ethyl adjacent to an activating group) is 1. The van der Waals surface area contributed by atoms with E-state index in [1.54, 1.807) is 11.9 Å². The minimum absolute atomic E-state index is 0.232. The van der Waals surface area contributed by atoms with E-state index in [0.29, 0.717) is 12.1 Å². The van der Waals surface area contributed by atoms with Gasteiger partial charge in [-0.1, -0.05) is 60.7 Å². The Kier molecular flexibility index (Phi) is 8.14. The number of ether oxygens (including phenoxy) is 1. The molecular weight excluding hydrogens is 438 g/mol. The molecule has 3 rings (SSSR count). The Hall–Kier alpha value is -1.63. The van der Waals surface area contributed by atoms with E-state index in [1.165, 1.54) is 12.5 Å². The van der Waals surface area contributed by atoms with Gasteiger partial charge < -0.3 is 9.64 Å².